The van der Waals surface area contributed by atoms with Crippen molar-refractivity contribution in [3.63, 3.8) is 0 Å². The first-order valence-corrected chi connectivity index (χ1v) is 10.6. The fourth-order valence-corrected chi connectivity index (χ4v) is 4.89. The molecule has 0 N–H and O–H groups in total. The Labute approximate surface area is 177 Å². The first kappa shape index (κ1) is 18.4. The van der Waals surface area contributed by atoms with Crippen LogP contribution in [-0.4, -0.2) is 41.8 Å². The largest absolute Gasteiger partial charge is 0.294 e. The second kappa shape index (κ2) is 7.66. The lowest BCUT2D eigenvalue weighted by Crippen LogP contribution is -2.45. The monoisotopic (exact) mass is 401 g/mol. The topological polar surface area (TPSA) is 18.8 Å². The molecule has 0 spiro atoms. The highest BCUT2D eigenvalue weighted by atomic mass is 35.5. The van der Waals surface area contributed by atoms with Gasteiger partial charge in [0.15, 0.2) is 0 Å². The van der Waals surface area contributed by atoms with Crippen LogP contribution < -0.4 is 0 Å². The Balaban J connectivity index is 1.35. The second-order valence-electron chi connectivity index (χ2n) is 7.73. The maximum absolute atomic E-state index is 6.33. The SMILES string of the molecule is C/C(=N\N1CCN(C2c3ccccc3-c3ccccc32)CC1)c1ccccc1Cl. The third kappa shape index (κ3) is 3.35. The third-order valence-electron chi connectivity index (χ3n) is 6.01. The van der Waals surface area contributed by atoms with Gasteiger partial charge in [-0.25, -0.2) is 0 Å². The van der Waals surface area contributed by atoms with Gasteiger partial charge in [0.2, 0.25) is 0 Å². The number of fused-ring (bicyclic) bond motifs is 3. The maximum atomic E-state index is 6.33. The van der Waals surface area contributed by atoms with Gasteiger partial charge in [0.1, 0.15) is 0 Å². The van der Waals surface area contributed by atoms with Crippen molar-refractivity contribution < 1.29 is 0 Å². The smallest absolute Gasteiger partial charge is 0.0661 e. The highest BCUT2D eigenvalue weighted by molar-refractivity contribution is 6.34. The summed E-state index contributed by atoms with van der Waals surface area (Å²) < 4.78 is 0. The number of hydrazone groups is 1. The van der Waals surface area contributed by atoms with E-state index in [1.165, 1.54) is 22.3 Å². The van der Waals surface area contributed by atoms with E-state index in [9.17, 15) is 0 Å². The number of benzene rings is 3. The molecule has 146 valence electrons. The summed E-state index contributed by atoms with van der Waals surface area (Å²) in [7, 11) is 0. The maximum Gasteiger partial charge on any atom is 0.0661 e. The zero-order valence-electron chi connectivity index (χ0n) is 16.6. The van der Waals surface area contributed by atoms with E-state index >= 15 is 0 Å². The number of halogens is 1. The molecule has 0 aromatic heterocycles. The summed E-state index contributed by atoms with van der Waals surface area (Å²) in [6, 6.07) is 25.9. The highest BCUT2D eigenvalue weighted by Crippen LogP contribution is 2.46. The Morgan fingerprint density at radius 1 is 0.793 bits per heavy atom. The molecule has 1 fully saturated rings. The standard InChI is InChI=1S/C25H24ClN3/c1-18(19-8-6-7-13-24(19)26)27-29-16-14-28(15-17-29)25-22-11-4-2-9-20(22)21-10-3-5-12-23(21)25/h2-13,25H,14-17H2,1H3/b27-18+. The van der Waals surface area contributed by atoms with Crippen molar-refractivity contribution in [3.05, 3.63) is 94.5 Å². The second-order valence-corrected chi connectivity index (χ2v) is 8.14. The van der Waals surface area contributed by atoms with Gasteiger partial charge in [-0.3, -0.25) is 9.91 Å². The Morgan fingerprint density at radius 3 is 1.97 bits per heavy atom. The highest BCUT2D eigenvalue weighted by Gasteiger charge is 2.33. The molecule has 0 saturated carbocycles. The van der Waals surface area contributed by atoms with Gasteiger partial charge >= 0.3 is 0 Å². The molecular formula is C25H24ClN3. The molecule has 3 nitrogen and oxygen atoms in total. The molecule has 1 heterocycles. The fraction of sp³-hybridized carbons (Fsp3) is 0.240. The summed E-state index contributed by atoms with van der Waals surface area (Å²) in [6.07, 6.45) is 0. The van der Waals surface area contributed by atoms with Crippen LogP contribution >= 0.6 is 11.6 Å². The molecule has 3 aromatic carbocycles. The van der Waals surface area contributed by atoms with Crippen LogP contribution in [0.5, 0.6) is 0 Å². The first-order valence-electron chi connectivity index (χ1n) is 10.2. The molecule has 3 aromatic rings. The number of piperazine rings is 1. The summed E-state index contributed by atoms with van der Waals surface area (Å²) in [6.45, 7) is 5.86. The lowest BCUT2D eigenvalue weighted by Gasteiger charge is -2.37. The van der Waals surface area contributed by atoms with Gasteiger partial charge in [0.05, 0.1) is 11.8 Å². The Kier molecular flexibility index (Phi) is 4.86. The van der Waals surface area contributed by atoms with Gasteiger partial charge in [0.25, 0.3) is 0 Å². The van der Waals surface area contributed by atoms with Crippen LogP contribution in [0.4, 0.5) is 0 Å². The number of nitrogens with zero attached hydrogens (tertiary/aromatic N) is 3. The average Bonchev–Trinajstić information content (AvgIpc) is 3.09. The van der Waals surface area contributed by atoms with Crippen molar-refractivity contribution in [2.24, 2.45) is 5.10 Å². The van der Waals surface area contributed by atoms with E-state index in [-0.39, 0.29) is 0 Å². The van der Waals surface area contributed by atoms with Crippen LogP contribution in [0.1, 0.15) is 29.7 Å². The Bertz CT molecular complexity index is 1020. The Hall–Kier alpha value is -2.62. The number of hydrogen-bond donors (Lipinski definition) is 0. The summed E-state index contributed by atoms with van der Waals surface area (Å²) >= 11 is 6.33. The van der Waals surface area contributed by atoms with Crippen LogP contribution in [-0.2, 0) is 0 Å². The summed E-state index contributed by atoms with van der Waals surface area (Å²) in [5.41, 5.74) is 7.60. The van der Waals surface area contributed by atoms with Crippen LogP contribution in [0.2, 0.25) is 5.02 Å². The summed E-state index contributed by atoms with van der Waals surface area (Å²) in [5, 5.41) is 7.79. The van der Waals surface area contributed by atoms with Crippen molar-refractivity contribution in [2.75, 3.05) is 26.2 Å². The van der Waals surface area contributed by atoms with Crippen molar-refractivity contribution in [1.82, 2.24) is 9.91 Å². The fourth-order valence-electron chi connectivity index (χ4n) is 4.61. The van der Waals surface area contributed by atoms with Gasteiger partial charge < -0.3 is 0 Å². The first-order chi connectivity index (χ1) is 14.2. The molecule has 4 heteroatoms. The van der Waals surface area contributed by atoms with E-state index < -0.39 is 0 Å². The zero-order chi connectivity index (χ0) is 19.8. The normalized spacial score (nSPS) is 17.3. The zero-order valence-corrected chi connectivity index (χ0v) is 17.3. The van der Waals surface area contributed by atoms with Crippen LogP contribution in [0.3, 0.4) is 0 Å². The van der Waals surface area contributed by atoms with E-state index in [0.29, 0.717) is 6.04 Å². The molecule has 0 radical (unpaired) electrons. The minimum atomic E-state index is 0.346. The predicted molar refractivity (Wildman–Crippen MR) is 121 cm³/mol. The van der Waals surface area contributed by atoms with E-state index in [0.717, 1.165) is 42.5 Å². The van der Waals surface area contributed by atoms with Crippen LogP contribution in [0.15, 0.2) is 77.9 Å². The lowest BCUT2D eigenvalue weighted by atomic mass is 10.0. The number of hydrogen-bond acceptors (Lipinski definition) is 3. The molecule has 0 atom stereocenters. The number of rotatable bonds is 3. The molecule has 1 saturated heterocycles. The molecule has 2 aliphatic rings. The summed E-state index contributed by atoms with van der Waals surface area (Å²) in [5.74, 6) is 0. The molecular weight excluding hydrogens is 378 g/mol. The molecule has 0 amide bonds. The summed E-state index contributed by atoms with van der Waals surface area (Å²) in [4.78, 5) is 2.60. The van der Waals surface area contributed by atoms with Gasteiger partial charge in [-0.2, -0.15) is 5.10 Å². The lowest BCUT2D eigenvalue weighted by molar-refractivity contribution is 0.114. The predicted octanol–water partition coefficient (Wildman–Crippen LogP) is 5.45. The van der Waals surface area contributed by atoms with Crippen molar-refractivity contribution in [2.45, 2.75) is 13.0 Å². The van der Waals surface area contributed by atoms with Gasteiger partial charge in [0, 0.05) is 36.8 Å². The van der Waals surface area contributed by atoms with Crippen molar-refractivity contribution in [1.29, 1.82) is 0 Å². The molecule has 0 unspecified atom stereocenters. The average molecular weight is 402 g/mol. The molecule has 1 aliphatic carbocycles. The molecule has 29 heavy (non-hydrogen) atoms. The van der Waals surface area contributed by atoms with Gasteiger partial charge in [-0.15, -0.1) is 0 Å². The molecule has 1 aliphatic heterocycles. The van der Waals surface area contributed by atoms with Crippen LogP contribution in [0.25, 0.3) is 11.1 Å². The van der Waals surface area contributed by atoms with E-state index in [2.05, 4.69) is 58.4 Å². The van der Waals surface area contributed by atoms with Crippen LogP contribution in [0, 0.1) is 0 Å². The van der Waals surface area contributed by atoms with Gasteiger partial charge in [-0.05, 0) is 35.2 Å². The van der Waals surface area contributed by atoms with E-state index in [1.807, 2.05) is 31.2 Å². The molecule has 5 rings (SSSR count). The minimum absolute atomic E-state index is 0.346. The molecule has 0 bridgehead atoms. The quantitative estimate of drug-likeness (QED) is 0.543. The van der Waals surface area contributed by atoms with E-state index in [4.69, 9.17) is 16.7 Å². The Morgan fingerprint density at radius 2 is 1.34 bits per heavy atom. The van der Waals surface area contributed by atoms with Crippen molar-refractivity contribution >= 4 is 17.3 Å². The van der Waals surface area contributed by atoms with Crippen molar-refractivity contribution in [3.8, 4) is 11.1 Å². The van der Waals surface area contributed by atoms with Gasteiger partial charge in [-0.1, -0.05) is 78.3 Å². The third-order valence-corrected chi connectivity index (χ3v) is 6.34. The minimum Gasteiger partial charge on any atom is -0.294 e. The van der Waals surface area contributed by atoms with E-state index in [1.54, 1.807) is 0 Å².